The first-order valence-corrected chi connectivity index (χ1v) is 6.07. The molecule has 1 nitrogen and oxygen atoms in total. The van der Waals surface area contributed by atoms with Crippen molar-refractivity contribution < 1.29 is 4.39 Å². The van der Waals surface area contributed by atoms with Crippen molar-refractivity contribution >= 4 is 0 Å². The molecule has 17 heavy (non-hydrogen) atoms. The number of rotatable bonds is 6. The van der Waals surface area contributed by atoms with Crippen LogP contribution in [0.3, 0.4) is 0 Å². The number of nitrogens with one attached hydrogen (secondary N) is 1. The molecular weight excluding hydrogens is 213 g/mol. The largest absolute Gasteiger partial charge is 0.314 e. The Balaban J connectivity index is 2.75. The summed E-state index contributed by atoms with van der Waals surface area (Å²) in [7, 11) is 0. The van der Waals surface area contributed by atoms with E-state index in [1.807, 2.05) is 18.2 Å². The third-order valence-electron chi connectivity index (χ3n) is 2.96. The highest BCUT2D eigenvalue weighted by molar-refractivity contribution is 5.20. The van der Waals surface area contributed by atoms with E-state index < -0.39 is 0 Å². The van der Waals surface area contributed by atoms with E-state index in [9.17, 15) is 4.39 Å². The summed E-state index contributed by atoms with van der Waals surface area (Å²) in [6, 6.07) is 7.37. The molecule has 1 N–H and O–H groups in total. The van der Waals surface area contributed by atoms with Crippen LogP contribution < -0.4 is 5.32 Å². The highest BCUT2D eigenvalue weighted by Gasteiger charge is 2.22. The van der Waals surface area contributed by atoms with Gasteiger partial charge in [-0.15, -0.1) is 6.58 Å². The fraction of sp³-hybridized carbons (Fsp3) is 0.467. The van der Waals surface area contributed by atoms with E-state index in [0.717, 1.165) is 12.1 Å². The Morgan fingerprint density at radius 3 is 2.59 bits per heavy atom. The number of hydrogen-bond acceptors (Lipinski definition) is 1. The standard InChI is InChI=1S/C15H22FN/c1-5-15(4,11-17-12(2)3)10-13-8-6-7-9-14(13)16/h5-9,12,17H,1,10-11H2,2-4H3. The third-order valence-corrected chi connectivity index (χ3v) is 2.96. The van der Waals surface area contributed by atoms with Crippen molar-refractivity contribution in [3.8, 4) is 0 Å². The molecule has 0 fully saturated rings. The molecule has 0 heterocycles. The van der Waals surface area contributed by atoms with Gasteiger partial charge in [-0.2, -0.15) is 0 Å². The quantitative estimate of drug-likeness (QED) is 0.743. The molecule has 1 aromatic carbocycles. The Hall–Kier alpha value is -1.15. The zero-order valence-corrected chi connectivity index (χ0v) is 11.0. The Morgan fingerprint density at radius 1 is 1.41 bits per heavy atom. The Morgan fingerprint density at radius 2 is 2.06 bits per heavy atom. The highest BCUT2D eigenvalue weighted by atomic mass is 19.1. The maximum Gasteiger partial charge on any atom is 0.126 e. The Bertz CT molecular complexity index is 373. The molecule has 1 rings (SSSR count). The van der Waals surface area contributed by atoms with E-state index in [4.69, 9.17) is 0 Å². The normalized spacial score (nSPS) is 14.6. The minimum absolute atomic E-state index is 0.119. The molecule has 0 saturated carbocycles. The van der Waals surface area contributed by atoms with Crippen molar-refractivity contribution in [2.45, 2.75) is 33.2 Å². The SMILES string of the molecule is C=CC(C)(CNC(C)C)Cc1ccccc1F. The van der Waals surface area contributed by atoms with Crippen LogP contribution in [0.15, 0.2) is 36.9 Å². The van der Waals surface area contributed by atoms with Crippen molar-refractivity contribution in [3.05, 3.63) is 48.3 Å². The highest BCUT2D eigenvalue weighted by Crippen LogP contribution is 2.24. The van der Waals surface area contributed by atoms with Crippen LogP contribution in [0.25, 0.3) is 0 Å². The fourth-order valence-corrected chi connectivity index (χ4v) is 1.72. The number of benzene rings is 1. The number of halogens is 1. The summed E-state index contributed by atoms with van der Waals surface area (Å²) in [5.41, 5.74) is 0.632. The van der Waals surface area contributed by atoms with Gasteiger partial charge < -0.3 is 5.32 Å². The molecule has 0 bridgehead atoms. The molecule has 0 aromatic heterocycles. The van der Waals surface area contributed by atoms with E-state index in [1.165, 1.54) is 6.07 Å². The van der Waals surface area contributed by atoms with Gasteiger partial charge in [0.1, 0.15) is 5.82 Å². The first-order chi connectivity index (χ1) is 7.97. The van der Waals surface area contributed by atoms with Gasteiger partial charge in [0.2, 0.25) is 0 Å². The summed E-state index contributed by atoms with van der Waals surface area (Å²) >= 11 is 0. The molecule has 94 valence electrons. The lowest BCUT2D eigenvalue weighted by molar-refractivity contribution is 0.368. The Kier molecular flexibility index (Phi) is 4.88. The lowest BCUT2D eigenvalue weighted by Gasteiger charge is -2.27. The van der Waals surface area contributed by atoms with Gasteiger partial charge in [0.25, 0.3) is 0 Å². The van der Waals surface area contributed by atoms with Gasteiger partial charge in [0, 0.05) is 18.0 Å². The van der Waals surface area contributed by atoms with Gasteiger partial charge in [0.15, 0.2) is 0 Å². The summed E-state index contributed by atoms with van der Waals surface area (Å²) in [5.74, 6) is -0.134. The van der Waals surface area contributed by atoms with Crippen LogP contribution in [0.4, 0.5) is 4.39 Å². The molecule has 0 aliphatic rings. The lowest BCUT2D eigenvalue weighted by atomic mass is 9.83. The second kappa shape index (κ2) is 5.97. The first kappa shape index (κ1) is 13.9. The second-order valence-corrected chi connectivity index (χ2v) is 5.16. The zero-order valence-electron chi connectivity index (χ0n) is 11.0. The van der Waals surface area contributed by atoms with Crippen molar-refractivity contribution in [1.82, 2.24) is 5.32 Å². The number of hydrogen-bond donors (Lipinski definition) is 1. The average molecular weight is 235 g/mol. The molecule has 0 aliphatic heterocycles. The monoisotopic (exact) mass is 235 g/mol. The van der Waals surface area contributed by atoms with E-state index >= 15 is 0 Å². The summed E-state index contributed by atoms with van der Waals surface area (Å²) in [6.07, 6.45) is 2.58. The smallest absolute Gasteiger partial charge is 0.126 e. The summed E-state index contributed by atoms with van der Waals surface area (Å²) < 4.78 is 13.6. The molecule has 0 amide bonds. The van der Waals surface area contributed by atoms with Crippen molar-refractivity contribution in [3.63, 3.8) is 0 Å². The van der Waals surface area contributed by atoms with Gasteiger partial charge >= 0.3 is 0 Å². The van der Waals surface area contributed by atoms with Crippen LogP contribution >= 0.6 is 0 Å². The van der Waals surface area contributed by atoms with Crippen LogP contribution in [0, 0.1) is 11.2 Å². The molecule has 1 aromatic rings. The van der Waals surface area contributed by atoms with Crippen LogP contribution in [0.1, 0.15) is 26.3 Å². The molecule has 1 unspecified atom stereocenters. The van der Waals surface area contributed by atoms with Gasteiger partial charge in [-0.25, -0.2) is 4.39 Å². The topological polar surface area (TPSA) is 12.0 Å². The minimum atomic E-state index is -0.134. The van der Waals surface area contributed by atoms with Gasteiger partial charge in [0.05, 0.1) is 0 Å². The predicted molar refractivity (Wildman–Crippen MR) is 71.5 cm³/mol. The average Bonchev–Trinajstić information content (AvgIpc) is 2.30. The summed E-state index contributed by atoms with van der Waals surface area (Å²) in [5, 5.41) is 3.38. The van der Waals surface area contributed by atoms with Gasteiger partial charge in [-0.1, -0.05) is 45.0 Å². The van der Waals surface area contributed by atoms with Crippen molar-refractivity contribution in [2.75, 3.05) is 6.54 Å². The second-order valence-electron chi connectivity index (χ2n) is 5.16. The summed E-state index contributed by atoms with van der Waals surface area (Å²) in [6.45, 7) is 11.0. The maximum atomic E-state index is 13.6. The lowest BCUT2D eigenvalue weighted by Crippen LogP contribution is -2.36. The molecule has 1 atom stereocenters. The zero-order chi connectivity index (χ0) is 12.9. The van der Waals surface area contributed by atoms with Crippen LogP contribution in [-0.2, 0) is 6.42 Å². The van der Waals surface area contributed by atoms with Crippen molar-refractivity contribution in [2.24, 2.45) is 5.41 Å². The van der Waals surface area contributed by atoms with Crippen LogP contribution in [0.2, 0.25) is 0 Å². The fourth-order valence-electron chi connectivity index (χ4n) is 1.72. The minimum Gasteiger partial charge on any atom is -0.314 e. The van der Waals surface area contributed by atoms with Crippen LogP contribution in [-0.4, -0.2) is 12.6 Å². The molecule has 0 radical (unpaired) electrons. The van der Waals surface area contributed by atoms with Gasteiger partial charge in [-0.3, -0.25) is 0 Å². The van der Waals surface area contributed by atoms with Crippen LogP contribution in [0.5, 0.6) is 0 Å². The third kappa shape index (κ3) is 4.31. The van der Waals surface area contributed by atoms with E-state index in [2.05, 4.69) is 32.7 Å². The maximum absolute atomic E-state index is 13.6. The van der Waals surface area contributed by atoms with Crippen molar-refractivity contribution in [1.29, 1.82) is 0 Å². The van der Waals surface area contributed by atoms with E-state index in [0.29, 0.717) is 12.5 Å². The van der Waals surface area contributed by atoms with E-state index in [-0.39, 0.29) is 11.2 Å². The summed E-state index contributed by atoms with van der Waals surface area (Å²) in [4.78, 5) is 0. The van der Waals surface area contributed by atoms with E-state index in [1.54, 1.807) is 6.07 Å². The first-order valence-electron chi connectivity index (χ1n) is 6.07. The molecule has 0 spiro atoms. The molecule has 2 heteroatoms. The molecule has 0 saturated heterocycles. The molecule has 0 aliphatic carbocycles. The Labute approximate surface area is 104 Å². The van der Waals surface area contributed by atoms with Gasteiger partial charge in [-0.05, 0) is 18.1 Å². The predicted octanol–water partition coefficient (Wildman–Crippen LogP) is 3.56. The molecular formula is C15H22FN.